The predicted octanol–water partition coefficient (Wildman–Crippen LogP) is 3.01. The third-order valence-electron chi connectivity index (χ3n) is 5.03. The molecule has 25 heavy (non-hydrogen) atoms. The molecule has 0 spiro atoms. The van der Waals surface area contributed by atoms with E-state index in [1.165, 1.54) is 5.56 Å². The topological polar surface area (TPSA) is 55.8 Å². The van der Waals surface area contributed by atoms with Crippen LogP contribution in [0.25, 0.3) is 0 Å². The number of amides is 2. The third kappa shape index (κ3) is 5.72. The number of rotatable bonds is 6. The maximum atomic E-state index is 12.5. The molecule has 1 fully saturated rings. The van der Waals surface area contributed by atoms with E-state index in [2.05, 4.69) is 41.4 Å². The number of aliphatic hydroxyl groups excluding tert-OH is 1. The van der Waals surface area contributed by atoms with Crippen LogP contribution in [0.15, 0.2) is 30.3 Å². The molecule has 2 rings (SSSR count). The van der Waals surface area contributed by atoms with Gasteiger partial charge in [0.2, 0.25) is 0 Å². The van der Waals surface area contributed by atoms with Crippen molar-refractivity contribution in [1.82, 2.24) is 15.1 Å². The van der Waals surface area contributed by atoms with Crippen molar-refractivity contribution >= 4 is 6.03 Å². The van der Waals surface area contributed by atoms with Crippen LogP contribution in [0, 0.1) is 0 Å². The first-order valence-electron chi connectivity index (χ1n) is 9.42. The first-order chi connectivity index (χ1) is 11.9. The van der Waals surface area contributed by atoms with E-state index in [1.807, 2.05) is 19.9 Å². The number of hydrogen-bond donors (Lipinski definition) is 2. The summed E-state index contributed by atoms with van der Waals surface area (Å²) in [6.45, 7) is 10.3. The highest BCUT2D eigenvalue weighted by atomic mass is 16.3. The normalized spacial score (nSPS) is 18.8. The van der Waals surface area contributed by atoms with Gasteiger partial charge in [-0.25, -0.2) is 4.79 Å². The molecule has 5 heteroatoms. The van der Waals surface area contributed by atoms with Gasteiger partial charge in [-0.1, -0.05) is 30.3 Å². The molecule has 2 atom stereocenters. The van der Waals surface area contributed by atoms with Crippen LogP contribution in [-0.4, -0.2) is 58.8 Å². The number of carbonyl (C=O) groups is 1. The van der Waals surface area contributed by atoms with Gasteiger partial charge in [0.05, 0.1) is 6.10 Å². The second-order valence-electron chi connectivity index (χ2n) is 7.44. The van der Waals surface area contributed by atoms with Crippen LogP contribution in [-0.2, 0) is 0 Å². The summed E-state index contributed by atoms with van der Waals surface area (Å²) < 4.78 is 0. The molecule has 2 unspecified atom stereocenters. The maximum absolute atomic E-state index is 12.5. The molecule has 2 N–H and O–H groups in total. The molecule has 1 heterocycles. The summed E-state index contributed by atoms with van der Waals surface area (Å²) in [6, 6.07) is 11.2. The molecule has 0 aliphatic carbocycles. The fourth-order valence-electron chi connectivity index (χ4n) is 3.44. The average Bonchev–Trinajstić information content (AvgIpc) is 2.60. The largest absolute Gasteiger partial charge is 0.392 e. The lowest BCUT2D eigenvalue weighted by atomic mass is 10.0. The van der Waals surface area contributed by atoms with Gasteiger partial charge in [-0.15, -0.1) is 0 Å². The van der Waals surface area contributed by atoms with Crippen LogP contribution in [0.2, 0.25) is 0 Å². The number of nitrogens with one attached hydrogen (secondary N) is 1. The molecular formula is C20H33N3O2. The average molecular weight is 348 g/mol. The fraction of sp³-hybridized carbons (Fsp3) is 0.650. The van der Waals surface area contributed by atoms with Gasteiger partial charge in [-0.3, -0.25) is 4.90 Å². The molecule has 1 aromatic rings. The molecule has 0 bridgehead atoms. The smallest absolute Gasteiger partial charge is 0.317 e. The van der Waals surface area contributed by atoms with Crippen molar-refractivity contribution in [2.45, 2.75) is 64.8 Å². The van der Waals surface area contributed by atoms with Crippen LogP contribution < -0.4 is 5.32 Å². The molecule has 140 valence electrons. The Morgan fingerprint density at radius 1 is 1.20 bits per heavy atom. The molecule has 1 aliphatic heterocycles. The van der Waals surface area contributed by atoms with Crippen molar-refractivity contribution < 1.29 is 9.90 Å². The van der Waals surface area contributed by atoms with Crippen LogP contribution in [0.4, 0.5) is 4.79 Å². The second-order valence-corrected chi connectivity index (χ2v) is 7.44. The van der Waals surface area contributed by atoms with E-state index in [0.717, 1.165) is 25.9 Å². The molecule has 1 saturated heterocycles. The highest BCUT2D eigenvalue weighted by Crippen LogP contribution is 2.24. The van der Waals surface area contributed by atoms with E-state index in [1.54, 1.807) is 11.8 Å². The first-order valence-corrected chi connectivity index (χ1v) is 9.42. The Balaban J connectivity index is 1.84. The first kappa shape index (κ1) is 19.7. The van der Waals surface area contributed by atoms with Crippen molar-refractivity contribution in [2.75, 3.05) is 19.6 Å². The number of hydrogen-bond acceptors (Lipinski definition) is 3. The summed E-state index contributed by atoms with van der Waals surface area (Å²) >= 11 is 0. The highest BCUT2D eigenvalue weighted by molar-refractivity contribution is 5.74. The van der Waals surface area contributed by atoms with Crippen LogP contribution in [0.3, 0.4) is 0 Å². The summed E-state index contributed by atoms with van der Waals surface area (Å²) in [5, 5.41) is 12.8. The van der Waals surface area contributed by atoms with Gasteiger partial charge < -0.3 is 15.3 Å². The van der Waals surface area contributed by atoms with Crippen molar-refractivity contribution in [3.8, 4) is 0 Å². The Morgan fingerprint density at radius 2 is 1.80 bits per heavy atom. The van der Waals surface area contributed by atoms with Crippen molar-refractivity contribution in [2.24, 2.45) is 0 Å². The van der Waals surface area contributed by atoms with Crippen molar-refractivity contribution in [3.05, 3.63) is 35.9 Å². The van der Waals surface area contributed by atoms with Crippen LogP contribution >= 0.6 is 0 Å². The minimum atomic E-state index is -0.512. The minimum absolute atomic E-state index is 0.0644. The summed E-state index contributed by atoms with van der Waals surface area (Å²) in [5.41, 5.74) is 1.34. The van der Waals surface area contributed by atoms with Gasteiger partial charge in [-0.05, 0) is 46.1 Å². The quantitative estimate of drug-likeness (QED) is 0.832. The monoisotopic (exact) mass is 347 g/mol. The molecule has 5 nitrogen and oxygen atoms in total. The van der Waals surface area contributed by atoms with Crippen molar-refractivity contribution in [1.29, 1.82) is 0 Å². The Labute approximate surface area is 152 Å². The van der Waals surface area contributed by atoms with E-state index in [4.69, 9.17) is 0 Å². The van der Waals surface area contributed by atoms with E-state index in [-0.39, 0.29) is 18.1 Å². The zero-order chi connectivity index (χ0) is 18.4. The Hall–Kier alpha value is -1.59. The summed E-state index contributed by atoms with van der Waals surface area (Å²) in [6.07, 6.45) is 1.41. The summed E-state index contributed by atoms with van der Waals surface area (Å²) in [7, 11) is 0. The van der Waals surface area contributed by atoms with Gasteiger partial charge in [0.25, 0.3) is 0 Å². The number of likely N-dealkylation sites (tertiary alicyclic amines) is 1. The zero-order valence-corrected chi connectivity index (χ0v) is 16.0. The van der Waals surface area contributed by atoms with Gasteiger partial charge in [0.1, 0.15) is 0 Å². The number of aliphatic hydroxyl groups is 1. The van der Waals surface area contributed by atoms with E-state index < -0.39 is 6.10 Å². The van der Waals surface area contributed by atoms with E-state index >= 15 is 0 Å². The SMILES string of the molecule is CC(O)CN(C(=O)NC1CCN(C(C)c2ccccc2)CC1)C(C)C. The minimum Gasteiger partial charge on any atom is -0.392 e. The molecule has 0 saturated carbocycles. The van der Waals surface area contributed by atoms with E-state index in [9.17, 15) is 9.90 Å². The van der Waals surface area contributed by atoms with Gasteiger partial charge in [0.15, 0.2) is 0 Å². The number of carbonyl (C=O) groups excluding carboxylic acids is 1. The van der Waals surface area contributed by atoms with Gasteiger partial charge in [0, 0.05) is 37.8 Å². The third-order valence-corrected chi connectivity index (χ3v) is 5.03. The number of nitrogens with zero attached hydrogens (tertiary/aromatic N) is 2. The number of piperidine rings is 1. The zero-order valence-electron chi connectivity index (χ0n) is 16.0. The standard InChI is InChI=1S/C20H33N3O2/c1-15(2)23(14-16(3)24)20(25)21-19-10-12-22(13-11-19)17(4)18-8-6-5-7-9-18/h5-9,15-17,19,24H,10-14H2,1-4H3,(H,21,25). The second kappa shape index (κ2) is 9.20. The molecule has 1 aliphatic rings. The molecular weight excluding hydrogens is 314 g/mol. The van der Waals surface area contributed by atoms with Crippen LogP contribution in [0.5, 0.6) is 0 Å². The lowest BCUT2D eigenvalue weighted by molar-refractivity contribution is 0.111. The highest BCUT2D eigenvalue weighted by Gasteiger charge is 2.26. The predicted molar refractivity (Wildman–Crippen MR) is 102 cm³/mol. The summed E-state index contributed by atoms with van der Waals surface area (Å²) in [5.74, 6) is 0. The number of benzene rings is 1. The Kier molecular flexibility index (Phi) is 7.26. The molecule has 2 amide bonds. The maximum Gasteiger partial charge on any atom is 0.317 e. The Morgan fingerprint density at radius 3 is 2.32 bits per heavy atom. The van der Waals surface area contributed by atoms with Crippen molar-refractivity contribution in [3.63, 3.8) is 0 Å². The summed E-state index contributed by atoms with van der Waals surface area (Å²) in [4.78, 5) is 16.7. The Bertz CT molecular complexity index is 525. The molecule has 0 radical (unpaired) electrons. The van der Waals surface area contributed by atoms with Gasteiger partial charge in [-0.2, -0.15) is 0 Å². The molecule has 0 aromatic heterocycles. The van der Waals surface area contributed by atoms with Crippen LogP contribution in [0.1, 0.15) is 52.1 Å². The number of urea groups is 1. The van der Waals surface area contributed by atoms with E-state index in [0.29, 0.717) is 12.6 Å². The van der Waals surface area contributed by atoms with Gasteiger partial charge >= 0.3 is 6.03 Å². The molecule has 1 aromatic carbocycles. The lowest BCUT2D eigenvalue weighted by Crippen LogP contribution is -2.52. The lowest BCUT2D eigenvalue weighted by Gasteiger charge is -2.37. The fourth-order valence-corrected chi connectivity index (χ4v) is 3.44.